The normalized spacial score (nSPS) is 14.7. The zero-order valence-electron chi connectivity index (χ0n) is 12.6. The first-order chi connectivity index (χ1) is 11.1. The minimum atomic E-state index is -0.119. The molecule has 3 rings (SSSR count). The lowest BCUT2D eigenvalue weighted by Gasteiger charge is -2.33. The maximum Gasteiger partial charge on any atom is 0.273 e. The lowest BCUT2D eigenvalue weighted by Crippen LogP contribution is -2.50. The van der Waals surface area contributed by atoms with Crippen LogP contribution in [0.1, 0.15) is 17.4 Å². The smallest absolute Gasteiger partial charge is 0.273 e. The first kappa shape index (κ1) is 15.3. The number of hydrogen-bond donors (Lipinski definition) is 1. The summed E-state index contributed by atoms with van der Waals surface area (Å²) in [6.07, 6.45) is 3.26. The van der Waals surface area contributed by atoms with Crippen LogP contribution in [0.5, 0.6) is 0 Å². The molecule has 1 fully saturated rings. The molecule has 0 radical (unpaired) electrons. The van der Waals surface area contributed by atoms with E-state index in [2.05, 4.69) is 20.3 Å². The number of carbonyl (C=O) groups is 2. The summed E-state index contributed by atoms with van der Waals surface area (Å²) in [6, 6.07) is 1.72. The van der Waals surface area contributed by atoms with Gasteiger partial charge in [0.15, 0.2) is 5.13 Å². The van der Waals surface area contributed by atoms with E-state index >= 15 is 0 Å². The summed E-state index contributed by atoms with van der Waals surface area (Å²) < 4.78 is 0. The quantitative estimate of drug-likeness (QED) is 0.901. The minimum absolute atomic E-state index is 0.0418. The molecule has 0 unspecified atom stereocenters. The van der Waals surface area contributed by atoms with Gasteiger partial charge in [-0.25, -0.2) is 15.0 Å². The van der Waals surface area contributed by atoms with Gasteiger partial charge < -0.3 is 15.1 Å². The molecule has 0 spiro atoms. The Bertz CT molecular complexity index is 696. The number of nitrogens with one attached hydrogen (secondary N) is 1. The van der Waals surface area contributed by atoms with Gasteiger partial charge in [0.25, 0.3) is 5.91 Å². The average Bonchev–Trinajstić information content (AvgIpc) is 3.03. The van der Waals surface area contributed by atoms with Gasteiger partial charge in [0.05, 0.1) is 0 Å². The third kappa shape index (κ3) is 3.62. The second kappa shape index (κ2) is 6.69. The first-order valence-corrected chi connectivity index (χ1v) is 8.06. The molecule has 2 aromatic heterocycles. The molecule has 0 bridgehead atoms. The summed E-state index contributed by atoms with van der Waals surface area (Å²) in [6.45, 7) is 3.73. The fourth-order valence-electron chi connectivity index (χ4n) is 2.28. The summed E-state index contributed by atoms with van der Waals surface area (Å²) in [5, 5.41) is 5.25. The van der Waals surface area contributed by atoms with E-state index in [-0.39, 0.29) is 11.8 Å². The zero-order chi connectivity index (χ0) is 16.2. The highest BCUT2D eigenvalue weighted by Crippen LogP contribution is 2.20. The third-order valence-corrected chi connectivity index (χ3v) is 4.28. The van der Waals surface area contributed by atoms with E-state index in [0.29, 0.717) is 43.0 Å². The van der Waals surface area contributed by atoms with E-state index in [0.717, 1.165) is 0 Å². The van der Waals surface area contributed by atoms with Crippen molar-refractivity contribution in [1.82, 2.24) is 24.8 Å². The fourth-order valence-corrected chi connectivity index (χ4v) is 2.95. The van der Waals surface area contributed by atoms with Crippen LogP contribution >= 0.6 is 11.3 Å². The van der Waals surface area contributed by atoms with Gasteiger partial charge in [-0.1, -0.05) is 0 Å². The molecule has 1 saturated heterocycles. The van der Waals surface area contributed by atoms with Gasteiger partial charge in [0.1, 0.15) is 5.69 Å². The topological polar surface area (TPSA) is 91.3 Å². The predicted molar refractivity (Wildman–Crippen MR) is 85.6 cm³/mol. The van der Waals surface area contributed by atoms with Crippen molar-refractivity contribution in [2.45, 2.75) is 6.92 Å². The number of amides is 2. The number of hydrogen-bond acceptors (Lipinski definition) is 7. The Kier molecular flexibility index (Phi) is 4.47. The highest BCUT2D eigenvalue weighted by Gasteiger charge is 2.24. The Labute approximate surface area is 137 Å². The van der Waals surface area contributed by atoms with E-state index in [4.69, 9.17) is 0 Å². The molecule has 120 valence electrons. The van der Waals surface area contributed by atoms with Crippen molar-refractivity contribution in [2.24, 2.45) is 0 Å². The molecule has 8 nitrogen and oxygen atoms in total. The van der Waals surface area contributed by atoms with Gasteiger partial charge >= 0.3 is 0 Å². The van der Waals surface area contributed by atoms with Crippen LogP contribution in [0.3, 0.4) is 0 Å². The van der Waals surface area contributed by atoms with E-state index in [1.165, 1.54) is 11.3 Å². The summed E-state index contributed by atoms with van der Waals surface area (Å²) in [4.78, 5) is 39.6. The number of carbonyl (C=O) groups excluding carboxylic acids is 2. The van der Waals surface area contributed by atoms with Gasteiger partial charge in [-0.3, -0.25) is 9.59 Å². The number of anilines is 2. The van der Waals surface area contributed by atoms with Crippen LogP contribution in [0.2, 0.25) is 0 Å². The van der Waals surface area contributed by atoms with Crippen LogP contribution < -0.4 is 5.32 Å². The lowest BCUT2D eigenvalue weighted by molar-refractivity contribution is -0.130. The van der Waals surface area contributed by atoms with Gasteiger partial charge in [-0.15, -0.1) is 11.3 Å². The first-order valence-electron chi connectivity index (χ1n) is 7.18. The van der Waals surface area contributed by atoms with Gasteiger partial charge in [0, 0.05) is 50.9 Å². The monoisotopic (exact) mass is 332 g/mol. The molecule has 0 saturated carbocycles. The van der Waals surface area contributed by atoms with E-state index in [1.54, 1.807) is 40.6 Å². The molecule has 9 heteroatoms. The Hall–Kier alpha value is -2.55. The fraction of sp³-hybridized carbons (Fsp3) is 0.357. The van der Waals surface area contributed by atoms with Crippen molar-refractivity contribution in [3.8, 4) is 0 Å². The number of nitrogens with zero attached hydrogens (tertiary/aromatic N) is 5. The molecular formula is C14H16N6O2S. The highest BCUT2D eigenvalue weighted by molar-refractivity contribution is 7.14. The van der Waals surface area contributed by atoms with Crippen LogP contribution in [0.4, 0.5) is 11.1 Å². The molecule has 1 aliphatic heterocycles. The zero-order valence-corrected chi connectivity index (χ0v) is 13.4. The third-order valence-electron chi connectivity index (χ3n) is 3.52. The van der Waals surface area contributed by atoms with E-state index in [1.807, 2.05) is 0 Å². The summed E-state index contributed by atoms with van der Waals surface area (Å²) in [7, 11) is 0. The molecule has 0 aliphatic carbocycles. The molecule has 1 aliphatic rings. The van der Waals surface area contributed by atoms with Crippen LogP contribution in [0.15, 0.2) is 23.8 Å². The van der Waals surface area contributed by atoms with Gasteiger partial charge in [-0.2, -0.15) is 0 Å². The number of rotatable bonds is 3. The molecular weight excluding hydrogens is 316 g/mol. The second-order valence-corrected chi connectivity index (χ2v) is 5.89. The molecule has 2 aromatic rings. The largest absolute Gasteiger partial charge is 0.339 e. The van der Waals surface area contributed by atoms with Crippen molar-refractivity contribution in [3.05, 3.63) is 29.5 Å². The molecule has 3 heterocycles. The summed E-state index contributed by atoms with van der Waals surface area (Å²) >= 11 is 1.33. The molecule has 0 aromatic carbocycles. The van der Waals surface area contributed by atoms with Crippen molar-refractivity contribution in [3.63, 3.8) is 0 Å². The van der Waals surface area contributed by atoms with Crippen molar-refractivity contribution < 1.29 is 9.59 Å². The Morgan fingerprint density at radius 2 is 1.78 bits per heavy atom. The van der Waals surface area contributed by atoms with Gasteiger partial charge in [-0.05, 0) is 6.07 Å². The Balaban J connectivity index is 1.62. The molecule has 0 atom stereocenters. The molecule has 23 heavy (non-hydrogen) atoms. The predicted octanol–water partition coefficient (Wildman–Crippen LogP) is 0.981. The SMILES string of the molecule is CC(=O)N1CCN(C(=O)c2csc(Nc3ncccn3)n2)CC1. The Morgan fingerprint density at radius 3 is 2.43 bits per heavy atom. The van der Waals surface area contributed by atoms with E-state index in [9.17, 15) is 9.59 Å². The molecule has 1 N–H and O–H groups in total. The number of aromatic nitrogens is 3. The van der Waals surface area contributed by atoms with Crippen molar-refractivity contribution in [2.75, 3.05) is 31.5 Å². The van der Waals surface area contributed by atoms with Crippen molar-refractivity contribution in [1.29, 1.82) is 0 Å². The lowest BCUT2D eigenvalue weighted by atomic mass is 10.3. The molecule has 2 amide bonds. The van der Waals surface area contributed by atoms with Crippen LogP contribution in [0.25, 0.3) is 0 Å². The standard InChI is InChI=1S/C14H16N6O2S/c1-10(21)19-5-7-20(8-6-19)12(22)11-9-23-14(17-11)18-13-15-3-2-4-16-13/h2-4,9H,5-8H2,1H3,(H,15,16,17,18). The maximum absolute atomic E-state index is 12.4. The minimum Gasteiger partial charge on any atom is -0.339 e. The van der Waals surface area contributed by atoms with E-state index < -0.39 is 0 Å². The van der Waals surface area contributed by atoms with Crippen molar-refractivity contribution >= 4 is 34.2 Å². The highest BCUT2D eigenvalue weighted by atomic mass is 32.1. The second-order valence-electron chi connectivity index (χ2n) is 5.03. The van der Waals surface area contributed by atoms with Gasteiger partial charge in [0.2, 0.25) is 11.9 Å². The summed E-state index contributed by atoms with van der Waals surface area (Å²) in [5.74, 6) is 0.363. The summed E-state index contributed by atoms with van der Waals surface area (Å²) in [5.41, 5.74) is 0.393. The van der Waals surface area contributed by atoms with Crippen LogP contribution in [-0.2, 0) is 4.79 Å². The van der Waals surface area contributed by atoms with Crippen LogP contribution in [-0.4, -0.2) is 62.7 Å². The Morgan fingerprint density at radius 1 is 1.13 bits per heavy atom. The average molecular weight is 332 g/mol. The van der Waals surface area contributed by atoms with Crippen LogP contribution in [0, 0.1) is 0 Å². The maximum atomic E-state index is 12.4. The number of thiazole rings is 1. The number of piperazine rings is 1.